The molecule has 0 spiro atoms. The lowest BCUT2D eigenvalue weighted by atomic mass is 10.0. The predicted molar refractivity (Wildman–Crippen MR) is 106 cm³/mol. The van der Waals surface area contributed by atoms with E-state index in [1.807, 2.05) is 13.0 Å². The number of thioether (sulfide) groups is 1. The van der Waals surface area contributed by atoms with E-state index in [-0.39, 0.29) is 11.3 Å². The lowest BCUT2D eigenvalue weighted by molar-refractivity contribution is -0.116. The molecule has 0 aliphatic carbocycles. The van der Waals surface area contributed by atoms with Gasteiger partial charge in [-0.3, -0.25) is 9.59 Å². The number of carbonyl (C=O) groups excluding carboxylic acids is 1. The smallest absolute Gasteiger partial charge is 0.260 e. The van der Waals surface area contributed by atoms with Crippen LogP contribution in [0.2, 0.25) is 10.0 Å². The van der Waals surface area contributed by atoms with Crippen LogP contribution < -0.4 is 5.56 Å². The second kappa shape index (κ2) is 7.50. The number of H-pyrrole nitrogens is 1. The van der Waals surface area contributed by atoms with Gasteiger partial charge in [-0.1, -0.05) is 41.0 Å². The van der Waals surface area contributed by atoms with Gasteiger partial charge in [0.25, 0.3) is 5.56 Å². The zero-order valence-corrected chi connectivity index (χ0v) is 16.6. The average molecular weight is 413 g/mol. The van der Waals surface area contributed by atoms with Crippen molar-refractivity contribution in [1.29, 1.82) is 0 Å². The van der Waals surface area contributed by atoms with Gasteiger partial charge in [0.15, 0.2) is 5.16 Å². The third-order valence-corrected chi connectivity index (χ3v) is 6.23. The Morgan fingerprint density at radius 2 is 2.08 bits per heavy atom. The number of carbonyl (C=O) groups is 1. The molecule has 3 rings (SSSR count). The van der Waals surface area contributed by atoms with Gasteiger partial charge in [0.1, 0.15) is 10.6 Å². The predicted octanol–water partition coefficient (Wildman–Crippen LogP) is 5.34. The van der Waals surface area contributed by atoms with E-state index < -0.39 is 0 Å². The fraction of sp³-hybridized carbons (Fsp3) is 0.235. The van der Waals surface area contributed by atoms with Crippen molar-refractivity contribution in [2.45, 2.75) is 25.4 Å². The van der Waals surface area contributed by atoms with Crippen LogP contribution in [0.1, 0.15) is 18.2 Å². The van der Waals surface area contributed by atoms with Crippen LogP contribution in [-0.4, -0.2) is 21.5 Å². The van der Waals surface area contributed by atoms with Gasteiger partial charge in [0, 0.05) is 22.6 Å². The molecule has 0 bridgehead atoms. The van der Waals surface area contributed by atoms with Gasteiger partial charge in [-0.25, -0.2) is 4.98 Å². The first-order valence-electron chi connectivity index (χ1n) is 7.48. The van der Waals surface area contributed by atoms with Crippen molar-refractivity contribution in [3.63, 3.8) is 0 Å². The Balaban J connectivity index is 2.06. The number of rotatable bonds is 5. The maximum Gasteiger partial charge on any atom is 0.260 e. The van der Waals surface area contributed by atoms with Crippen LogP contribution in [0.3, 0.4) is 0 Å². The Morgan fingerprint density at radius 1 is 1.32 bits per heavy atom. The molecule has 0 unspecified atom stereocenters. The molecule has 8 heteroatoms. The largest absolute Gasteiger partial charge is 0.301 e. The van der Waals surface area contributed by atoms with Gasteiger partial charge in [0.2, 0.25) is 0 Å². The van der Waals surface area contributed by atoms with Crippen molar-refractivity contribution in [3.8, 4) is 11.1 Å². The third-order valence-electron chi connectivity index (χ3n) is 3.62. The van der Waals surface area contributed by atoms with E-state index in [9.17, 15) is 9.59 Å². The maximum absolute atomic E-state index is 12.6. The summed E-state index contributed by atoms with van der Waals surface area (Å²) in [6.07, 6.45) is 0.449. The van der Waals surface area contributed by atoms with Gasteiger partial charge in [-0.05, 0) is 31.5 Å². The minimum atomic E-state index is -0.194. The summed E-state index contributed by atoms with van der Waals surface area (Å²) in [7, 11) is 0. The fourth-order valence-electron chi connectivity index (χ4n) is 2.46. The first-order chi connectivity index (χ1) is 11.9. The van der Waals surface area contributed by atoms with E-state index in [1.54, 1.807) is 19.1 Å². The molecule has 2 aromatic heterocycles. The average Bonchev–Trinajstić information content (AvgIpc) is 2.86. The lowest BCUT2D eigenvalue weighted by Gasteiger charge is -2.04. The minimum absolute atomic E-state index is 0.116. The molecule has 25 heavy (non-hydrogen) atoms. The number of Topliss-reactive ketones (excluding diaryl/α,β-unsaturated/α-hetero) is 1. The van der Waals surface area contributed by atoms with E-state index in [2.05, 4.69) is 9.97 Å². The molecule has 1 aromatic carbocycles. The van der Waals surface area contributed by atoms with E-state index in [0.717, 1.165) is 16.0 Å². The van der Waals surface area contributed by atoms with Gasteiger partial charge >= 0.3 is 0 Å². The molecule has 2 heterocycles. The zero-order valence-electron chi connectivity index (χ0n) is 13.5. The summed E-state index contributed by atoms with van der Waals surface area (Å²) >= 11 is 14.9. The van der Waals surface area contributed by atoms with E-state index in [0.29, 0.717) is 37.6 Å². The molecule has 3 aromatic rings. The normalized spacial score (nSPS) is 11.2. The van der Waals surface area contributed by atoms with Crippen LogP contribution in [0.25, 0.3) is 21.3 Å². The van der Waals surface area contributed by atoms with Crippen molar-refractivity contribution in [1.82, 2.24) is 9.97 Å². The number of halogens is 2. The molecule has 1 N–H and O–H groups in total. The van der Waals surface area contributed by atoms with Crippen molar-refractivity contribution in [2.24, 2.45) is 0 Å². The quantitative estimate of drug-likeness (QED) is 0.453. The number of fused-ring (bicyclic) bond motifs is 1. The van der Waals surface area contributed by atoms with Crippen molar-refractivity contribution in [3.05, 3.63) is 43.5 Å². The van der Waals surface area contributed by atoms with Crippen LogP contribution in [0, 0.1) is 6.92 Å². The number of hydrogen-bond donors (Lipinski definition) is 1. The molecular weight excluding hydrogens is 399 g/mol. The van der Waals surface area contributed by atoms with Crippen molar-refractivity contribution >= 4 is 62.3 Å². The van der Waals surface area contributed by atoms with Gasteiger partial charge < -0.3 is 4.98 Å². The molecule has 4 nitrogen and oxygen atoms in total. The van der Waals surface area contributed by atoms with Crippen molar-refractivity contribution in [2.75, 3.05) is 5.75 Å². The van der Waals surface area contributed by atoms with E-state index in [4.69, 9.17) is 23.2 Å². The van der Waals surface area contributed by atoms with Crippen molar-refractivity contribution < 1.29 is 4.79 Å². The van der Waals surface area contributed by atoms with Crippen LogP contribution in [0.4, 0.5) is 0 Å². The number of aromatic amines is 1. The molecule has 0 saturated carbocycles. The number of thiophene rings is 1. The standard InChI is InChI=1S/C17H14Cl2N2O2S2/c1-8(22)5-6-24-17-20-15(23)14-13(9(2)25-16(14)21-17)10-3-4-11(18)12(19)7-10/h3-4,7H,5-6H2,1-2H3,(H,20,21,23). The fourth-order valence-corrected chi connectivity index (χ4v) is 4.76. The Hall–Kier alpha value is -1.34. The minimum Gasteiger partial charge on any atom is -0.301 e. The molecule has 0 amide bonds. The molecule has 130 valence electrons. The zero-order chi connectivity index (χ0) is 18.1. The molecule has 0 fully saturated rings. The van der Waals surface area contributed by atoms with Crippen LogP contribution >= 0.6 is 46.3 Å². The van der Waals surface area contributed by atoms with Gasteiger partial charge in [0.05, 0.1) is 15.4 Å². The SMILES string of the molecule is CC(=O)CCSc1nc2sc(C)c(-c3ccc(Cl)c(Cl)c3)c2c(=O)[nH]1. The van der Waals surface area contributed by atoms with E-state index >= 15 is 0 Å². The van der Waals surface area contributed by atoms with Crippen LogP contribution in [0.15, 0.2) is 28.2 Å². The Kier molecular flexibility index (Phi) is 5.53. The highest BCUT2D eigenvalue weighted by Gasteiger charge is 2.17. The summed E-state index contributed by atoms with van der Waals surface area (Å²) in [6.45, 7) is 3.50. The highest BCUT2D eigenvalue weighted by Crippen LogP contribution is 2.38. The summed E-state index contributed by atoms with van der Waals surface area (Å²) in [6, 6.07) is 5.32. The number of aryl methyl sites for hydroxylation is 1. The number of nitrogens with one attached hydrogen (secondary N) is 1. The first kappa shape index (κ1) is 18.5. The van der Waals surface area contributed by atoms with Gasteiger partial charge in [-0.15, -0.1) is 11.3 Å². The summed E-state index contributed by atoms with van der Waals surface area (Å²) in [5.41, 5.74) is 1.47. The first-order valence-corrected chi connectivity index (χ1v) is 10.0. The molecule has 0 radical (unpaired) electrons. The highest BCUT2D eigenvalue weighted by molar-refractivity contribution is 7.99. The Bertz CT molecular complexity index is 1030. The topological polar surface area (TPSA) is 62.8 Å². The summed E-state index contributed by atoms with van der Waals surface area (Å²) in [5.74, 6) is 0.707. The molecule has 0 aliphatic heterocycles. The second-order valence-electron chi connectivity index (χ2n) is 5.51. The number of nitrogens with zero attached hydrogens (tertiary/aromatic N) is 1. The Morgan fingerprint density at radius 3 is 2.76 bits per heavy atom. The summed E-state index contributed by atoms with van der Waals surface area (Å²) in [4.78, 5) is 32.7. The second-order valence-corrected chi connectivity index (χ2v) is 8.62. The summed E-state index contributed by atoms with van der Waals surface area (Å²) < 4.78 is 0. The van der Waals surface area contributed by atoms with Crippen LogP contribution in [0.5, 0.6) is 0 Å². The maximum atomic E-state index is 12.6. The molecule has 0 aliphatic rings. The summed E-state index contributed by atoms with van der Waals surface area (Å²) in [5, 5.41) is 2.00. The number of benzene rings is 1. The molecular formula is C17H14Cl2N2O2S2. The number of hydrogen-bond acceptors (Lipinski definition) is 5. The third kappa shape index (κ3) is 3.92. The van der Waals surface area contributed by atoms with E-state index in [1.165, 1.54) is 23.1 Å². The lowest BCUT2D eigenvalue weighted by Crippen LogP contribution is -2.09. The molecule has 0 atom stereocenters. The highest BCUT2D eigenvalue weighted by atomic mass is 35.5. The number of ketones is 1. The Labute approximate surface area is 162 Å². The van der Waals surface area contributed by atoms with Gasteiger partial charge in [-0.2, -0.15) is 0 Å². The monoisotopic (exact) mass is 412 g/mol. The molecule has 0 saturated heterocycles. The van der Waals surface area contributed by atoms with Crippen LogP contribution in [-0.2, 0) is 4.79 Å². The number of aromatic nitrogens is 2.